The molecular formula is C41H88N9Ni3-3. The first-order valence-electron chi connectivity index (χ1n) is 20.1. The summed E-state index contributed by atoms with van der Waals surface area (Å²) in [7, 11) is 0. The van der Waals surface area contributed by atoms with Gasteiger partial charge in [0.25, 0.3) is 0 Å². The predicted octanol–water partition coefficient (Wildman–Crippen LogP) is 10.7. The van der Waals surface area contributed by atoms with E-state index in [4.69, 9.17) is 5.32 Å². The van der Waals surface area contributed by atoms with Gasteiger partial charge in [0, 0.05) is 55.5 Å². The number of aliphatic imine (C=N–C) groups is 3. The van der Waals surface area contributed by atoms with Crippen molar-refractivity contribution in [2.45, 2.75) is 186 Å². The van der Waals surface area contributed by atoms with E-state index in [1.807, 2.05) is 0 Å². The molecular weight excluding hydrogens is 795 g/mol. The van der Waals surface area contributed by atoms with Gasteiger partial charge < -0.3 is 45.6 Å². The largest absolute Gasteiger partial charge is 0.468 e. The second-order valence-electron chi connectivity index (χ2n) is 15.9. The van der Waals surface area contributed by atoms with Crippen molar-refractivity contribution < 1.29 is 49.5 Å². The van der Waals surface area contributed by atoms with Gasteiger partial charge in [0.15, 0.2) is 0 Å². The standard InChI is InChI=1S/2C14H30N3.C13H28N3.3Ni/c1-8-13(16-14(5,6)7)15-12(4)11-17(9-2)10-3;1-8-13(16-14(5,6)7)15-11-12(4)17(9-2)10-3;1-7-12(15-13(4,5)6)14-10-11-16(8-2)9-3;;;/h2*12H,8-11H2,1-7H3;7-11H2,1-6H3;;;/q3*-1;;;. The Morgan fingerprint density at radius 3 is 1.19 bits per heavy atom. The van der Waals surface area contributed by atoms with Crippen molar-refractivity contribution in [2.24, 2.45) is 15.0 Å². The molecule has 12 heteroatoms. The summed E-state index contributed by atoms with van der Waals surface area (Å²) in [6.07, 6.45) is 2.76. The zero-order chi connectivity index (χ0) is 39.6. The Balaban J connectivity index is -0.000000152. The van der Waals surface area contributed by atoms with Crippen LogP contribution in [0.5, 0.6) is 0 Å². The normalized spacial score (nSPS) is 13.8. The zero-order valence-corrected chi connectivity index (χ0v) is 41.3. The van der Waals surface area contributed by atoms with Crippen LogP contribution in [0.4, 0.5) is 0 Å². The van der Waals surface area contributed by atoms with Gasteiger partial charge in [-0.3, -0.25) is 0 Å². The molecule has 330 valence electrons. The van der Waals surface area contributed by atoms with Crippen LogP contribution in [0.25, 0.3) is 16.0 Å². The maximum absolute atomic E-state index is 4.72. The van der Waals surface area contributed by atoms with Gasteiger partial charge in [0.2, 0.25) is 0 Å². The van der Waals surface area contributed by atoms with E-state index in [1.165, 1.54) is 0 Å². The Morgan fingerprint density at radius 1 is 0.509 bits per heavy atom. The Bertz CT molecular complexity index is 896. The molecule has 0 aliphatic rings. The second-order valence-corrected chi connectivity index (χ2v) is 15.9. The van der Waals surface area contributed by atoms with Crippen LogP contribution in [-0.4, -0.2) is 126 Å². The Kier molecular flexibility index (Phi) is 44.1. The number of amidine groups is 3. The number of hydrogen-bond donors (Lipinski definition) is 0. The molecule has 0 N–H and O–H groups in total. The molecule has 9 nitrogen and oxygen atoms in total. The summed E-state index contributed by atoms with van der Waals surface area (Å²) in [6, 6.07) is 0.831. The maximum atomic E-state index is 4.72. The Morgan fingerprint density at radius 2 is 0.868 bits per heavy atom. The molecule has 0 aromatic rings. The van der Waals surface area contributed by atoms with Crippen LogP contribution >= 0.6 is 0 Å². The van der Waals surface area contributed by atoms with Gasteiger partial charge in [-0.15, -0.1) is 0 Å². The van der Waals surface area contributed by atoms with Gasteiger partial charge in [-0.05, 0) is 114 Å². The summed E-state index contributed by atoms with van der Waals surface area (Å²) in [4.78, 5) is 21.1. The number of likely N-dealkylation sites (N-methyl/N-ethyl adjacent to an activating group) is 3. The van der Waals surface area contributed by atoms with Gasteiger partial charge in [-0.2, -0.15) is 0 Å². The third-order valence-corrected chi connectivity index (χ3v) is 7.71. The number of nitrogens with zero attached hydrogens (tertiary/aromatic N) is 9. The van der Waals surface area contributed by atoms with Crippen molar-refractivity contribution in [3.05, 3.63) is 16.0 Å². The summed E-state index contributed by atoms with van der Waals surface area (Å²) >= 11 is 0. The summed E-state index contributed by atoms with van der Waals surface area (Å²) in [5.41, 5.74) is -0.0545. The molecule has 0 bridgehead atoms. The molecule has 0 aromatic carbocycles. The topological polar surface area (TPSA) is 89.1 Å². The van der Waals surface area contributed by atoms with Crippen LogP contribution in [0.2, 0.25) is 0 Å². The second kappa shape index (κ2) is 36.1. The third-order valence-electron chi connectivity index (χ3n) is 7.71. The van der Waals surface area contributed by atoms with Crippen LogP contribution in [0.1, 0.15) is 158 Å². The molecule has 0 aliphatic carbocycles. The van der Waals surface area contributed by atoms with Gasteiger partial charge in [-0.1, -0.05) is 149 Å². The minimum atomic E-state index is -0.0240. The van der Waals surface area contributed by atoms with Crippen LogP contribution in [0.3, 0.4) is 0 Å². The van der Waals surface area contributed by atoms with Gasteiger partial charge in [0.1, 0.15) is 0 Å². The maximum Gasteiger partial charge on any atom is 0.00597 e. The van der Waals surface area contributed by atoms with E-state index in [9.17, 15) is 0 Å². The van der Waals surface area contributed by atoms with Crippen molar-refractivity contribution >= 4 is 17.5 Å². The van der Waals surface area contributed by atoms with Crippen LogP contribution in [-0.2, 0) is 49.5 Å². The van der Waals surface area contributed by atoms with Crippen molar-refractivity contribution in [3.8, 4) is 0 Å². The molecule has 0 radical (unpaired) electrons. The van der Waals surface area contributed by atoms with Gasteiger partial charge >= 0.3 is 0 Å². The van der Waals surface area contributed by atoms with E-state index >= 15 is 0 Å². The monoisotopic (exact) mass is 881 g/mol. The molecule has 0 rings (SSSR count). The molecule has 2 atom stereocenters. The van der Waals surface area contributed by atoms with Crippen LogP contribution in [0, 0.1) is 0 Å². The van der Waals surface area contributed by atoms with E-state index < -0.39 is 0 Å². The summed E-state index contributed by atoms with van der Waals surface area (Å²) in [5.74, 6) is 2.99. The van der Waals surface area contributed by atoms with Gasteiger partial charge in [0.05, 0.1) is 0 Å². The fourth-order valence-electron chi connectivity index (χ4n) is 5.02. The zero-order valence-electron chi connectivity index (χ0n) is 38.3. The molecule has 0 saturated carbocycles. The average Bonchev–Trinajstić information content (AvgIpc) is 3.02. The van der Waals surface area contributed by atoms with Crippen LogP contribution < -0.4 is 0 Å². The first-order valence-corrected chi connectivity index (χ1v) is 20.1. The fraction of sp³-hybridized carbons (Fsp3) is 0.927. The molecule has 0 amide bonds. The van der Waals surface area contributed by atoms with E-state index in [0.29, 0.717) is 12.1 Å². The molecule has 0 heterocycles. The third kappa shape index (κ3) is 41.2. The minimum absolute atomic E-state index is 0. The summed E-state index contributed by atoms with van der Waals surface area (Å²) in [6.45, 7) is 53.3. The SMILES string of the molecule is CCC(=NC(C)(C)C)[N-]C(C)CN(CC)CC.CCC(=NC(C)(C)C)[N-]CC(C)N(CC)CC.CCC(=NC(C)(C)C)[N-]CCN(CC)CC.[Ni].[Ni].[Ni]. The van der Waals surface area contributed by atoms with E-state index in [2.05, 4.69) is 179 Å². The predicted molar refractivity (Wildman–Crippen MR) is 230 cm³/mol. The van der Waals surface area contributed by atoms with Crippen molar-refractivity contribution in [1.82, 2.24) is 14.7 Å². The number of rotatable bonds is 18. The average molecular weight is 883 g/mol. The molecule has 2 unspecified atom stereocenters. The first kappa shape index (κ1) is 64.7. The quantitative estimate of drug-likeness (QED) is 0.0780. The molecule has 0 aliphatic heterocycles. The minimum Gasteiger partial charge on any atom is -0.468 e. The smallest absolute Gasteiger partial charge is 0.00597 e. The van der Waals surface area contributed by atoms with Crippen molar-refractivity contribution in [2.75, 3.05) is 65.4 Å². The van der Waals surface area contributed by atoms with E-state index in [1.54, 1.807) is 0 Å². The molecule has 0 fully saturated rings. The summed E-state index contributed by atoms with van der Waals surface area (Å²) < 4.78 is 0. The van der Waals surface area contributed by atoms with Gasteiger partial charge in [-0.25, -0.2) is 0 Å². The molecule has 0 spiro atoms. The summed E-state index contributed by atoms with van der Waals surface area (Å²) in [5, 5.41) is 13.9. The fourth-order valence-corrected chi connectivity index (χ4v) is 5.02. The molecule has 0 saturated heterocycles. The molecule has 53 heavy (non-hydrogen) atoms. The first-order chi connectivity index (χ1) is 23.1. The Labute approximate surface area is 362 Å². The van der Waals surface area contributed by atoms with Crippen LogP contribution in [0.15, 0.2) is 15.0 Å². The van der Waals surface area contributed by atoms with Crippen molar-refractivity contribution in [3.63, 3.8) is 0 Å². The van der Waals surface area contributed by atoms with E-state index in [-0.39, 0.29) is 66.1 Å². The molecule has 0 aromatic heterocycles. The Hall–Kier alpha value is -0.229. The van der Waals surface area contributed by atoms with Crippen molar-refractivity contribution in [1.29, 1.82) is 0 Å². The van der Waals surface area contributed by atoms with E-state index in [0.717, 1.165) is 102 Å². The number of hydrogen-bond acceptors (Lipinski definition) is 6.